The first-order valence-corrected chi connectivity index (χ1v) is 17.1. The predicted octanol–water partition coefficient (Wildman–Crippen LogP) is 4.57. The molecule has 0 aliphatic carbocycles. The van der Waals surface area contributed by atoms with Gasteiger partial charge in [-0.1, -0.05) is 0 Å². The van der Waals surface area contributed by atoms with Gasteiger partial charge in [-0.25, -0.2) is 28.1 Å². The van der Waals surface area contributed by atoms with E-state index in [4.69, 9.17) is 14.2 Å². The molecule has 272 valence electrons. The lowest BCUT2D eigenvalue weighted by Crippen LogP contribution is -2.63. The number of rotatable bonds is 10. The van der Waals surface area contributed by atoms with E-state index >= 15 is 0 Å². The molecule has 3 aromatic carbocycles. The standard InChI is InChI=1S/C37H39F2N7O6/c1-4-45-33(47)36(2,3)34(48)46(35(45)49)28-8-6-26(7-9-28)42-15-17-43(18-16-42)27-10-12-29(13-11-27)50-20-30-21-51-37(52-30,22-44-24-40-23-41-44)31-14-5-25(38)19-32(31)39/h5-14,19,23-24,30H,4,15-18,20-22H2,1-3H3/t30-,37-/m0/s1. The van der Waals surface area contributed by atoms with E-state index in [0.29, 0.717) is 11.4 Å². The third-order valence-corrected chi connectivity index (χ3v) is 9.68. The Hall–Kier alpha value is -5.41. The second-order valence-corrected chi connectivity index (χ2v) is 13.4. The lowest BCUT2D eigenvalue weighted by Gasteiger charge is -2.40. The molecule has 7 rings (SSSR count). The van der Waals surface area contributed by atoms with Crippen LogP contribution in [-0.2, 0) is 31.4 Å². The van der Waals surface area contributed by atoms with Gasteiger partial charge in [0.2, 0.25) is 17.6 Å². The molecule has 4 amide bonds. The first kappa shape index (κ1) is 35.0. The van der Waals surface area contributed by atoms with Crippen LogP contribution in [0.4, 0.5) is 30.6 Å². The SMILES string of the molecule is CCN1C(=O)N(c2ccc(N3CCN(c4ccc(OC[C@H]5CO[C@](Cn6cncn6)(c6ccc(F)cc6F)O5)cc4)CC3)cc2)C(=O)C(C)(C)C1=O. The third-order valence-electron chi connectivity index (χ3n) is 9.68. The average molecular weight is 716 g/mol. The molecular weight excluding hydrogens is 676 g/mol. The summed E-state index contributed by atoms with van der Waals surface area (Å²) < 4.78 is 48.3. The van der Waals surface area contributed by atoms with Crippen molar-refractivity contribution in [2.24, 2.45) is 5.41 Å². The summed E-state index contributed by atoms with van der Waals surface area (Å²) in [7, 11) is 0. The molecular formula is C37H39F2N7O6. The molecule has 2 atom stereocenters. The summed E-state index contributed by atoms with van der Waals surface area (Å²) in [5, 5.41) is 4.10. The molecule has 3 fully saturated rings. The highest BCUT2D eigenvalue weighted by Gasteiger charge is 2.51. The summed E-state index contributed by atoms with van der Waals surface area (Å²) in [6, 6.07) is 17.7. The topological polar surface area (TPSA) is 123 Å². The van der Waals surface area contributed by atoms with E-state index < -0.39 is 46.8 Å². The number of halogens is 2. The number of hydrogen-bond donors (Lipinski definition) is 0. The minimum Gasteiger partial charge on any atom is -0.491 e. The Morgan fingerprint density at radius 1 is 0.865 bits per heavy atom. The molecule has 13 nitrogen and oxygen atoms in total. The van der Waals surface area contributed by atoms with Crippen molar-refractivity contribution in [1.82, 2.24) is 19.7 Å². The largest absolute Gasteiger partial charge is 0.491 e. The number of carbonyl (C=O) groups is 3. The highest BCUT2D eigenvalue weighted by atomic mass is 19.1. The molecule has 0 bridgehead atoms. The lowest BCUT2D eigenvalue weighted by atomic mass is 9.87. The van der Waals surface area contributed by atoms with Crippen molar-refractivity contribution in [3.05, 3.63) is 96.6 Å². The Labute approximate surface area is 299 Å². The molecule has 0 unspecified atom stereocenters. The number of piperazine rings is 1. The first-order valence-electron chi connectivity index (χ1n) is 17.1. The number of aromatic nitrogens is 3. The zero-order valence-corrected chi connectivity index (χ0v) is 29.1. The van der Waals surface area contributed by atoms with Crippen LogP contribution in [0.5, 0.6) is 5.75 Å². The average Bonchev–Trinajstić information content (AvgIpc) is 3.81. The molecule has 15 heteroatoms. The Morgan fingerprint density at radius 2 is 1.50 bits per heavy atom. The maximum absolute atomic E-state index is 14.9. The van der Waals surface area contributed by atoms with Crippen molar-refractivity contribution >= 4 is 34.9 Å². The summed E-state index contributed by atoms with van der Waals surface area (Å²) >= 11 is 0. The van der Waals surface area contributed by atoms with Crippen molar-refractivity contribution < 1.29 is 37.4 Å². The minimum atomic E-state index is -1.53. The molecule has 0 radical (unpaired) electrons. The zero-order chi connectivity index (χ0) is 36.6. The molecule has 3 aliphatic rings. The minimum absolute atomic E-state index is 0.0134. The van der Waals surface area contributed by atoms with E-state index in [2.05, 4.69) is 19.9 Å². The first-order chi connectivity index (χ1) is 25.0. The number of hydrogen-bond acceptors (Lipinski definition) is 10. The van der Waals surface area contributed by atoms with E-state index in [0.717, 1.165) is 59.5 Å². The van der Waals surface area contributed by atoms with Crippen LogP contribution in [0.25, 0.3) is 0 Å². The van der Waals surface area contributed by atoms with Crippen LogP contribution in [0, 0.1) is 17.0 Å². The van der Waals surface area contributed by atoms with E-state index in [1.165, 1.54) is 23.4 Å². The van der Waals surface area contributed by atoms with E-state index in [9.17, 15) is 23.2 Å². The molecule has 0 spiro atoms. The van der Waals surface area contributed by atoms with Gasteiger partial charge in [0.25, 0.3) is 0 Å². The number of carbonyl (C=O) groups excluding carboxylic acids is 3. The van der Waals surface area contributed by atoms with Crippen LogP contribution < -0.4 is 19.4 Å². The van der Waals surface area contributed by atoms with Crippen LogP contribution >= 0.6 is 0 Å². The summed E-state index contributed by atoms with van der Waals surface area (Å²) in [6.45, 7) is 8.33. The molecule has 52 heavy (non-hydrogen) atoms. The zero-order valence-electron chi connectivity index (χ0n) is 29.1. The maximum Gasteiger partial charge on any atom is 0.338 e. The fourth-order valence-electron chi connectivity index (χ4n) is 6.77. The van der Waals surface area contributed by atoms with Crippen molar-refractivity contribution in [3.8, 4) is 5.75 Å². The Morgan fingerprint density at radius 3 is 2.10 bits per heavy atom. The molecule has 3 aliphatic heterocycles. The van der Waals surface area contributed by atoms with Gasteiger partial charge in [0.05, 0.1) is 12.3 Å². The number of barbiturate groups is 1. The predicted molar refractivity (Wildman–Crippen MR) is 186 cm³/mol. The fraction of sp³-hybridized carbons (Fsp3) is 0.378. The van der Waals surface area contributed by atoms with Crippen molar-refractivity contribution in [2.75, 3.05) is 60.6 Å². The number of ether oxygens (including phenoxy) is 3. The number of urea groups is 1. The molecule has 0 saturated carbocycles. The van der Waals surface area contributed by atoms with E-state index in [1.807, 2.05) is 36.4 Å². The van der Waals surface area contributed by atoms with Crippen LogP contribution in [0.3, 0.4) is 0 Å². The highest BCUT2D eigenvalue weighted by molar-refractivity contribution is 6.29. The summed E-state index contributed by atoms with van der Waals surface area (Å²) in [6.07, 6.45) is 2.29. The monoisotopic (exact) mass is 715 g/mol. The van der Waals surface area contributed by atoms with Gasteiger partial charge in [0.15, 0.2) is 0 Å². The van der Waals surface area contributed by atoms with Gasteiger partial charge in [0, 0.05) is 55.7 Å². The van der Waals surface area contributed by atoms with Crippen LogP contribution in [0.15, 0.2) is 79.4 Å². The summed E-state index contributed by atoms with van der Waals surface area (Å²) in [5.41, 5.74) is 1.17. The van der Waals surface area contributed by atoms with Gasteiger partial charge in [-0.15, -0.1) is 0 Å². The van der Waals surface area contributed by atoms with E-state index in [1.54, 1.807) is 32.9 Å². The number of anilines is 3. The van der Waals surface area contributed by atoms with Crippen molar-refractivity contribution in [3.63, 3.8) is 0 Å². The fourth-order valence-corrected chi connectivity index (χ4v) is 6.77. The molecule has 4 heterocycles. The molecule has 0 N–H and O–H groups in total. The van der Waals surface area contributed by atoms with Gasteiger partial charge in [-0.3, -0.25) is 14.5 Å². The normalized spacial score (nSPS) is 22.0. The second-order valence-electron chi connectivity index (χ2n) is 13.4. The number of amides is 4. The summed E-state index contributed by atoms with van der Waals surface area (Å²) in [5.74, 6) is -3.41. The number of nitrogens with zero attached hydrogens (tertiary/aromatic N) is 7. The number of benzene rings is 3. The Bertz CT molecular complexity index is 1930. The number of imide groups is 2. The maximum atomic E-state index is 14.9. The van der Waals surface area contributed by atoms with E-state index in [-0.39, 0.29) is 31.9 Å². The smallest absolute Gasteiger partial charge is 0.338 e. The van der Waals surface area contributed by atoms with Crippen LogP contribution in [-0.4, -0.2) is 89.6 Å². The van der Waals surface area contributed by atoms with Gasteiger partial charge >= 0.3 is 6.03 Å². The van der Waals surface area contributed by atoms with Gasteiger partial charge < -0.3 is 24.0 Å². The molecule has 1 aromatic heterocycles. The Balaban J connectivity index is 0.931. The van der Waals surface area contributed by atoms with Crippen molar-refractivity contribution in [2.45, 2.75) is 39.2 Å². The van der Waals surface area contributed by atoms with Crippen LogP contribution in [0.2, 0.25) is 0 Å². The lowest BCUT2D eigenvalue weighted by molar-refractivity contribution is -0.192. The second kappa shape index (κ2) is 14.0. The Kier molecular flexibility index (Phi) is 9.40. The molecule has 3 saturated heterocycles. The van der Waals surface area contributed by atoms with Gasteiger partial charge in [-0.05, 0) is 81.4 Å². The third kappa shape index (κ3) is 6.57. The highest BCUT2D eigenvalue weighted by Crippen LogP contribution is 2.38. The van der Waals surface area contributed by atoms with Gasteiger partial charge in [-0.2, -0.15) is 5.10 Å². The quantitative estimate of drug-likeness (QED) is 0.216. The van der Waals surface area contributed by atoms with Crippen molar-refractivity contribution in [1.29, 1.82) is 0 Å². The van der Waals surface area contributed by atoms with Gasteiger partial charge in [0.1, 0.15) is 54.7 Å². The molecule has 4 aromatic rings. The van der Waals surface area contributed by atoms with Crippen LogP contribution in [0.1, 0.15) is 26.3 Å². The summed E-state index contributed by atoms with van der Waals surface area (Å²) in [4.78, 5) is 49.5.